The first-order valence-electron chi connectivity index (χ1n) is 21.2. The highest BCUT2D eigenvalue weighted by molar-refractivity contribution is 5.84. The van der Waals surface area contributed by atoms with Crippen LogP contribution in [0.4, 0.5) is 0 Å². The van der Waals surface area contributed by atoms with E-state index in [1.54, 1.807) is 6.92 Å². The van der Waals surface area contributed by atoms with E-state index >= 15 is 0 Å². The smallest absolute Gasteiger partial charge is 0.325 e. The number of ether oxygens (including phenoxy) is 1. The fourth-order valence-corrected chi connectivity index (χ4v) is 6.11. The highest BCUT2D eigenvalue weighted by Crippen LogP contribution is 2.18. The predicted molar refractivity (Wildman–Crippen MR) is 217 cm³/mol. The Morgan fingerprint density at radius 2 is 0.922 bits per heavy atom. The fraction of sp³-hybridized carbons (Fsp3) is 0.756. The SMILES string of the molecule is CCCCC/C=C\C/C=C\CCCCCCCCC(CCCCCCCC/C=C\C/C=C\CCCCC)OC(=O)CN(CC)C(=O)CCC(=O)O. The van der Waals surface area contributed by atoms with Crippen LogP contribution in [0.25, 0.3) is 0 Å². The largest absolute Gasteiger partial charge is 0.481 e. The van der Waals surface area contributed by atoms with E-state index in [9.17, 15) is 14.4 Å². The van der Waals surface area contributed by atoms with Crippen molar-refractivity contribution in [1.82, 2.24) is 4.90 Å². The monoisotopic (exact) mass is 714 g/mol. The number of aliphatic carboxylic acids is 1. The second-order valence-corrected chi connectivity index (χ2v) is 14.2. The maximum Gasteiger partial charge on any atom is 0.325 e. The molecular weight excluding hydrogens is 634 g/mol. The molecule has 0 saturated heterocycles. The van der Waals surface area contributed by atoms with Crippen LogP contribution in [0.2, 0.25) is 0 Å². The normalized spacial score (nSPS) is 12.0. The van der Waals surface area contributed by atoms with Gasteiger partial charge in [-0.25, -0.2) is 0 Å². The van der Waals surface area contributed by atoms with E-state index in [0.29, 0.717) is 6.54 Å². The second-order valence-electron chi connectivity index (χ2n) is 14.2. The minimum Gasteiger partial charge on any atom is -0.481 e. The number of carbonyl (C=O) groups is 3. The number of rotatable bonds is 37. The van der Waals surface area contributed by atoms with E-state index in [1.807, 2.05) is 0 Å². The molecule has 51 heavy (non-hydrogen) atoms. The molecule has 0 saturated carbocycles. The lowest BCUT2D eigenvalue weighted by Gasteiger charge is -2.23. The van der Waals surface area contributed by atoms with E-state index in [2.05, 4.69) is 62.5 Å². The predicted octanol–water partition coefficient (Wildman–Crippen LogP) is 13.0. The van der Waals surface area contributed by atoms with E-state index in [0.717, 1.165) is 64.2 Å². The van der Waals surface area contributed by atoms with Crippen LogP contribution < -0.4 is 0 Å². The lowest BCUT2D eigenvalue weighted by atomic mass is 10.0. The summed E-state index contributed by atoms with van der Waals surface area (Å²) in [5.74, 6) is -1.71. The summed E-state index contributed by atoms with van der Waals surface area (Å²) in [6, 6.07) is 0. The number of likely N-dealkylation sites (N-methyl/N-ethyl adjacent to an activating group) is 1. The van der Waals surface area contributed by atoms with Crippen LogP contribution in [-0.2, 0) is 19.1 Å². The minimum absolute atomic E-state index is 0.0977. The second kappa shape index (κ2) is 38.6. The number of carbonyl (C=O) groups excluding carboxylic acids is 2. The number of unbranched alkanes of at least 4 members (excludes halogenated alkanes) is 18. The Bertz CT molecular complexity index is 889. The topological polar surface area (TPSA) is 83.9 Å². The third-order valence-electron chi connectivity index (χ3n) is 9.36. The van der Waals surface area contributed by atoms with Crippen LogP contribution in [-0.4, -0.2) is 47.0 Å². The van der Waals surface area contributed by atoms with Gasteiger partial charge in [-0.05, 0) is 96.8 Å². The van der Waals surface area contributed by atoms with Crippen molar-refractivity contribution < 1.29 is 24.2 Å². The van der Waals surface area contributed by atoms with Crippen LogP contribution >= 0.6 is 0 Å². The van der Waals surface area contributed by atoms with Crippen molar-refractivity contribution in [2.45, 2.75) is 207 Å². The van der Waals surface area contributed by atoms with Gasteiger partial charge >= 0.3 is 11.9 Å². The summed E-state index contributed by atoms with van der Waals surface area (Å²) in [5, 5.41) is 8.92. The number of esters is 1. The average Bonchev–Trinajstić information content (AvgIpc) is 3.12. The van der Waals surface area contributed by atoms with Gasteiger partial charge in [-0.15, -0.1) is 0 Å². The molecule has 0 spiro atoms. The molecule has 0 fully saturated rings. The van der Waals surface area contributed by atoms with Gasteiger partial charge in [-0.3, -0.25) is 14.4 Å². The summed E-state index contributed by atoms with van der Waals surface area (Å²) in [6.07, 6.45) is 48.6. The molecule has 0 aromatic carbocycles. The minimum atomic E-state index is -1.01. The van der Waals surface area contributed by atoms with E-state index in [-0.39, 0.29) is 37.4 Å². The lowest BCUT2D eigenvalue weighted by Crippen LogP contribution is -2.37. The molecule has 0 heterocycles. The standard InChI is InChI=1S/C45H79NO5/c1-4-7-9-11-13-15-17-19-21-23-25-27-29-31-33-35-37-42(51-45(50)41-46(6-3)43(47)39-40-44(48)49)38-36-34-32-30-28-26-24-22-20-18-16-14-12-10-8-5-2/h13-16,19-22,42H,4-12,17-18,23-41H2,1-3H3,(H,48,49)/b15-13-,16-14-,21-19-,22-20-. The van der Waals surface area contributed by atoms with Crippen molar-refractivity contribution >= 4 is 17.8 Å². The molecule has 0 radical (unpaired) electrons. The number of hydrogen-bond donors (Lipinski definition) is 1. The van der Waals surface area contributed by atoms with E-state index in [1.165, 1.54) is 108 Å². The third kappa shape index (κ3) is 35.6. The molecule has 6 heteroatoms. The van der Waals surface area contributed by atoms with Crippen molar-refractivity contribution in [2.75, 3.05) is 13.1 Å². The Morgan fingerprint density at radius 1 is 0.529 bits per heavy atom. The number of hydrogen-bond acceptors (Lipinski definition) is 4. The van der Waals surface area contributed by atoms with Gasteiger partial charge in [0.15, 0.2) is 0 Å². The Labute approximate surface area is 314 Å². The number of allylic oxidation sites excluding steroid dienone is 8. The van der Waals surface area contributed by atoms with E-state index in [4.69, 9.17) is 9.84 Å². The summed E-state index contributed by atoms with van der Waals surface area (Å²) in [6.45, 7) is 6.54. The van der Waals surface area contributed by atoms with Crippen molar-refractivity contribution in [2.24, 2.45) is 0 Å². The zero-order chi connectivity index (χ0) is 37.5. The Morgan fingerprint density at radius 3 is 1.31 bits per heavy atom. The van der Waals surface area contributed by atoms with Crippen molar-refractivity contribution in [3.05, 3.63) is 48.6 Å². The van der Waals surface area contributed by atoms with Crippen LogP contribution in [0.1, 0.15) is 201 Å². The average molecular weight is 714 g/mol. The molecule has 294 valence electrons. The zero-order valence-corrected chi connectivity index (χ0v) is 33.4. The first-order valence-corrected chi connectivity index (χ1v) is 21.2. The molecule has 0 aromatic heterocycles. The first-order chi connectivity index (χ1) is 24.9. The number of nitrogens with zero attached hydrogens (tertiary/aromatic N) is 1. The van der Waals surface area contributed by atoms with Gasteiger partial charge in [0.05, 0.1) is 6.42 Å². The van der Waals surface area contributed by atoms with Crippen molar-refractivity contribution in [3.63, 3.8) is 0 Å². The summed E-state index contributed by atoms with van der Waals surface area (Å²) in [4.78, 5) is 37.6. The summed E-state index contributed by atoms with van der Waals surface area (Å²) < 4.78 is 5.93. The van der Waals surface area contributed by atoms with Crippen LogP contribution in [0.3, 0.4) is 0 Å². The van der Waals surface area contributed by atoms with Gasteiger partial charge in [0.1, 0.15) is 12.6 Å². The molecular formula is C45H79NO5. The first kappa shape index (κ1) is 48.4. The fourth-order valence-electron chi connectivity index (χ4n) is 6.11. The van der Waals surface area contributed by atoms with Gasteiger partial charge in [0, 0.05) is 13.0 Å². The van der Waals surface area contributed by atoms with Gasteiger partial charge in [0.25, 0.3) is 0 Å². The molecule has 0 rings (SSSR count). The van der Waals surface area contributed by atoms with Gasteiger partial charge in [-0.1, -0.05) is 140 Å². The lowest BCUT2D eigenvalue weighted by molar-refractivity contribution is -0.154. The summed E-state index contributed by atoms with van der Waals surface area (Å²) in [7, 11) is 0. The zero-order valence-electron chi connectivity index (χ0n) is 33.4. The van der Waals surface area contributed by atoms with Gasteiger partial charge < -0.3 is 14.7 Å². The van der Waals surface area contributed by atoms with Gasteiger partial charge in [0.2, 0.25) is 5.91 Å². The molecule has 1 amide bonds. The van der Waals surface area contributed by atoms with Crippen molar-refractivity contribution in [1.29, 1.82) is 0 Å². The van der Waals surface area contributed by atoms with Crippen LogP contribution in [0.5, 0.6) is 0 Å². The summed E-state index contributed by atoms with van der Waals surface area (Å²) >= 11 is 0. The third-order valence-corrected chi connectivity index (χ3v) is 9.36. The highest BCUT2D eigenvalue weighted by Gasteiger charge is 2.20. The van der Waals surface area contributed by atoms with Crippen LogP contribution in [0, 0.1) is 0 Å². The Hall–Kier alpha value is -2.63. The molecule has 0 aliphatic heterocycles. The van der Waals surface area contributed by atoms with Gasteiger partial charge in [-0.2, -0.15) is 0 Å². The molecule has 0 aromatic rings. The molecule has 0 atom stereocenters. The number of carboxylic acid groups (broad SMARTS) is 1. The Kier molecular flexibility index (Phi) is 36.6. The maximum atomic E-state index is 12.9. The molecule has 6 nitrogen and oxygen atoms in total. The molecule has 0 unspecified atom stereocenters. The highest BCUT2D eigenvalue weighted by atomic mass is 16.5. The Balaban J connectivity index is 4.40. The quantitative estimate of drug-likeness (QED) is 0.0393. The molecule has 1 N–H and O–H groups in total. The molecule has 0 aliphatic rings. The molecule has 0 aliphatic carbocycles. The number of carboxylic acids is 1. The maximum absolute atomic E-state index is 12.9. The molecule has 0 bridgehead atoms. The van der Waals surface area contributed by atoms with E-state index < -0.39 is 5.97 Å². The summed E-state index contributed by atoms with van der Waals surface area (Å²) in [5.41, 5.74) is 0. The van der Waals surface area contributed by atoms with Crippen LogP contribution in [0.15, 0.2) is 48.6 Å². The van der Waals surface area contributed by atoms with Crippen molar-refractivity contribution in [3.8, 4) is 0 Å². The number of amides is 1.